The van der Waals surface area contributed by atoms with Crippen LogP contribution in [0, 0.1) is 34.7 Å². The van der Waals surface area contributed by atoms with E-state index in [1.54, 1.807) is 18.2 Å². The fraction of sp³-hybridized carbons (Fsp3) is 0.235. The van der Waals surface area contributed by atoms with E-state index in [0.29, 0.717) is 29.4 Å². The first-order valence-corrected chi connectivity index (χ1v) is 14.4. The number of carbonyl (C=O) groups is 1. The summed E-state index contributed by atoms with van der Waals surface area (Å²) in [5.74, 6) is -2.13. The standard InChI is InChI=1S/C34H25F3N4O4/c35-25-8-18(15-38)4-5-20(25)16-45-33-3-1-2-28(40-33)24-14-26(36)21(11-27(24)37)13-32-39-29-7-6-19(34(42)43)12-30(29)41(32)31-17-44-23-9-22(31)10-23/h1-8,11-12,14,22-23,31H,9-10,13,16-17H2,(H,42,43). The molecule has 8 rings (SSSR count). The van der Waals surface area contributed by atoms with Crippen molar-refractivity contribution in [1.29, 1.82) is 5.26 Å². The van der Waals surface area contributed by atoms with Crippen molar-refractivity contribution in [3.8, 4) is 23.2 Å². The maximum absolute atomic E-state index is 15.6. The molecule has 0 spiro atoms. The Kier molecular flexibility index (Phi) is 7.22. The number of hydrogen-bond donors (Lipinski definition) is 1. The molecule has 1 aliphatic carbocycles. The quantitative estimate of drug-likeness (QED) is 0.211. The van der Waals surface area contributed by atoms with Gasteiger partial charge in [0.25, 0.3) is 0 Å². The van der Waals surface area contributed by atoms with Gasteiger partial charge < -0.3 is 19.1 Å². The molecule has 1 N–H and O–H groups in total. The number of ether oxygens (including phenoxy) is 2. The third-order valence-corrected chi connectivity index (χ3v) is 8.56. The fourth-order valence-electron chi connectivity index (χ4n) is 6.10. The average molecular weight is 611 g/mol. The highest BCUT2D eigenvalue weighted by Gasteiger charge is 2.43. The van der Waals surface area contributed by atoms with Crippen LogP contribution >= 0.6 is 0 Å². The molecule has 1 atom stereocenters. The topological polar surface area (TPSA) is 110 Å². The highest BCUT2D eigenvalue weighted by atomic mass is 19.1. The number of nitrogens with zero attached hydrogens (tertiary/aromatic N) is 4. The van der Waals surface area contributed by atoms with Gasteiger partial charge >= 0.3 is 5.97 Å². The molecule has 2 aromatic heterocycles. The summed E-state index contributed by atoms with van der Waals surface area (Å²) in [4.78, 5) is 20.7. The van der Waals surface area contributed by atoms with E-state index in [4.69, 9.17) is 19.7 Å². The number of imidazole rings is 1. The maximum atomic E-state index is 15.6. The van der Waals surface area contributed by atoms with Crippen LogP contribution in [0.1, 0.15) is 51.8 Å². The molecule has 4 heterocycles. The molecule has 2 saturated heterocycles. The first-order chi connectivity index (χ1) is 21.8. The molecule has 11 heteroatoms. The molecule has 3 aromatic carbocycles. The molecular formula is C34H25F3N4O4. The lowest BCUT2D eigenvalue weighted by atomic mass is 9.74. The summed E-state index contributed by atoms with van der Waals surface area (Å²) in [5.41, 5.74) is 1.82. The number of carboxylic acid groups (broad SMARTS) is 1. The Morgan fingerprint density at radius 1 is 1.00 bits per heavy atom. The zero-order valence-electron chi connectivity index (χ0n) is 23.7. The van der Waals surface area contributed by atoms with Gasteiger partial charge in [0.2, 0.25) is 5.88 Å². The Bertz CT molecular complexity index is 2010. The van der Waals surface area contributed by atoms with E-state index in [-0.39, 0.29) is 64.6 Å². The molecule has 5 aromatic rings. The molecule has 2 bridgehead atoms. The molecular weight excluding hydrogens is 585 g/mol. The summed E-state index contributed by atoms with van der Waals surface area (Å²) in [6, 6.07) is 17.3. The number of fused-ring (bicyclic) bond motifs is 3. The summed E-state index contributed by atoms with van der Waals surface area (Å²) in [5, 5.41) is 18.5. The van der Waals surface area contributed by atoms with Crippen molar-refractivity contribution in [2.24, 2.45) is 5.92 Å². The van der Waals surface area contributed by atoms with E-state index >= 15 is 8.78 Å². The second-order valence-corrected chi connectivity index (χ2v) is 11.3. The second kappa shape index (κ2) is 11.4. The summed E-state index contributed by atoms with van der Waals surface area (Å²) < 4.78 is 58.9. The molecule has 1 unspecified atom stereocenters. The van der Waals surface area contributed by atoms with Gasteiger partial charge in [0.05, 0.1) is 52.7 Å². The van der Waals surface area contributed by atoms with Crippen molar-refractivity contribution in [2.45, 2.75) is 38.0 Å². The van der Waals surface area contributed by atoms with Crippen LogP contribution < -0.4 is 4.74 Å². The van der Waals surface area contributed by atoms with Gasteiger partial charge in [0.15, 0.2) is 0 Å². The Morgan fingerprint density at radius 3 is 2.56 bits per heavy atom. The van der Waals surface area contributed by atoms with Crippen LogP contribution in [0.4, 0.5) is 13.2 Å². The van der Waals surface area contributed by atoms with E-state index in [0.717, 1.165) is 31.0 Å². The van der Waals surface area contributed by atoms with Crippen molar-refractivity contribution >= 4 is 17.0 Å². The van der Waals surface area contributed by atoms with Crippen LogP contribution in [0.2, 0.25) is 0 Å². The Balaban J connectivity index is 1.17. The smallest absolute Gasteiger partial charge is 0.335 e. The first-order valence-electron chi connectivity index (χ1n) is 14.4. The van der Waals surface area contributed by atoms with Crippen LogP contribution in [-0.2, 0) is 17.8 Å². The number of pyridine rings is 1. The zero-order chi connectivity index (χ0) is 31.2. The minimum Gasteiger partial charge on any atom is -0.478 e. The molecule has 1 saturated carbocycles. The second-order valence-electron chi connectivity index (χ2n) is 11.3. The summed E-state index contributed by atoms with van der Waals surface area (Å²) in [6.45, 7) is 0.259. The lowest BCUT2D eigenvalue weighted by molar-refractivity contribution is -0.121. The average Bonchev–Trinajstić information content (AvgIpc) is 3.38. The predicted molar refractivity (Wildman–Crippen MR) is 156 cm³/mol. The number of benzene rings is 3. The predicted octanol–water partition coefficient (Wildman–Crippen LogP) is 6.61. The van der Waals surface area contributed by atoms with Crippen molar-refractivity contribution in [1.82, 2.24) is 14.5 Å². The Morgan fingerprint density at radius 2 is 1.82 bits per heavy atom. The van der Waals surface area contributed by atoms with Gasteiger partial charge in [0, 0.05) is 23.6 Å². The van der Waals surface area contributed by atoms with Crippen LogP contribution in [0.15, 0.2) is 66.7 Å². The highest BCUT2D eigenvalue weighted by molar-refractivity contribution is 5.92. The third kappa shape index (κ3) is 5.38. The lowest BCUT2D eigenvalue weighted by Gasteiger charge is -2.47. The van der Waals surface area contributed by atoms with E-state index < -0.39 is 23.4 Å². The first kappa shape index (κ1) is 28.6. The van der Waals surface area contributed by atoms with Crippen LogP contribution in [0.25, 0.3) is 22.3 Å². The maximum Gasteiger partial charge on any atom is 0.335 e. The number of rotatable bonds is 8. The minimum absolute atomic E-state index is 0.0283. The summed E-state index contributed by atoms with van der Waals surface area (Å²) in [6.07, 6.45) is 1.98. The van der Waals surface area contributed by atoms with Crippen molar-refractivity contribution in [3.63, 3.8) is 0 Å². The van der Waals surface area contributed by atoms with Crippen molar-refractivity contribution in [3.05, 3.63) is 112 Å². The Hall–Kier alpha value is -5.21. The van der Waals surface area contributed by atoms with E-state index in [9.17, 15) is 14.3 Å². The van der Waals surface area contributed by atoms with E-state index in [1.165, 1.54) is 30.3 Å². The summed E-state index contributed by atoms with van der Waals surface area (Å²) in [7, 11) is 0. The highest BCUT2D eigenvalue weighted by Crippen LogP contribution is 2.45. The number of nitriles is 1. The number of aromatic carboxylic acids is 1. The van der Waals surface area contributed by atoms with Gasteiger partial charge in [-0.05, 0) is 72.9 Å². The van der Waals surface area contributed by atoms with Gasteiger partial charge in [-0.25, -0.2) is 27.9 Å². The molecule has 0 radical (unpaired) electrons. The van der Waals surface area contributed by atoms with Crippen LogP contribution in [-0.4, -0.2) is 38.3 Å². The van der Waals surface area contributed by atoms with Crippen molar-refractivity contribution < 1.29 is 32.5 Å². The summed E-state index contributed by atoms with van der Waals surface area (Å²) >= 11 is 0. The number of aromatic nitrogens is 3. The SMILES string of the molecule is N#Cc1ccc(COc2cccc(-c3cc(F)c(Cc4nc5ccc(C(=O)O)cc5n4C4COC5CC4C5)cc3F)n2)c(F)c1. The molecule has 0 amide bonds. The monoisotopic (exact) mass is 610 g/mol. The molecule has 2 aliphatic heterocycles. The third-order valence-electron chi connectivity index (χ3n) is 8.56. The van der Waals surface area contributed by atoms with Gasteiger partial charge in [-0.15, -0.1) is 0 Å². The molecule has 3 fully saturated rings. The van der Waals surface area contributed by atoms with E-state index in [1.807, 2.05) is 10.6 Å². The van der Waals surface area contributed by atoms with Gasteiger partial charge in [-0.3, -0.25) is 0 Å². The number of halogens is 3. The molecule has 3 aliphatic rings. The zero-order valence-corrected chi connectivity index (χ0v) is 23.7. The van der Waals surface area contributed by atoms with Gasteiger partial charge in [-0.1, -0.05) is 12.1 Å². The molecule has 45 heavy (non-hydrogen) atoms. The van der Waals surface area contributed by atoms with Crippen LogP contribution in [0.5, 0.6) is 5.88 Å². The van der Waals surface area contributed by atoms with Gasteiger partial charge in [-0.2, -0.15) is 5.26 Å². The normalized spacial score (nSPS) is 18.8. The number of hydrogen-bond acceptors (Lipinski definition) is 6. The molecule has 226 valence electrons. The minimum atomic E-state index is -1.07. The fourth-order valence-corrected chi connectivity index (χ4v) is 6.10. The van der Waals surface area contributed by atoms with Gasteiger partial charge in [0.1, 0.15) is 29.9 Å². The number of carboxylic acids is 1. The Labute approximate surface area is 255 Å². The lowest BCUT2D eigenvalue weighted by Crippen LogP contribution is -2.46. The largest absolute Gasteiger partial charge is 0.478 e. The van der Waals surface area contributed by atoms with Crippen LogP contribution in [0.3, 0.4) is 0 Å². The molecule has 8 nitrogen and oxygen atoms in total. The van der Waals surface area contributed by atoms with Crippen molar-refractivity contribution in [2.75, 3.05) is 6.61 Å². The van der Waals surface area contributed by atoms with E-state index in [2.05, 4.69) is 4.98 Å².